The van der Waals surface area contributed by atoms with Crippen LogP contribution in [-0.2, 0) is 10.3 Å². The molecule has 1 amide bonds. The highest BCUT2D eigenvalue weighted by Gasteiger charge is 2.37. The van der Waals surface area contributed by atoms with E-state index in [0.717, 1.165) is 10.4 Å². The molecule has 0 saturated heterocycles. The lowest BCUT2D eigenvalue weighted by Gasteiger charge is -2.32. The van der Waals surface area contributed by atoms with Gasteiger partial charge in [-0.25, -0.2) is 4.99 Å². The van der Waals surface area contributed by atoms with Crippen LogP contribution in [0.15, 0.2) is 34.6 Å². The van der Waals surface area contributed by atoms with Gasteiger partial charge in [-0.15, -0.1) is 11.3 Å². The normalized spacial score (nSPS) is 20.6. The van der Waals surface area contributed by atoms with Crippen molar-refractivity contribution in [2.75, 3.05) is 7.05 Å². The van der Waals surface area contributed by atoms with Gasteiger partial charge in [0, 0.05) is 17.5 Å². The third kappa shape index (κ3) is 2.61. The Bertz CT molecular complexity index is 896. The Hall–Kier alpha value is -2.85. The Morgan fingerprint density at radius 2 is 2.21 bits per heavy atom. The van der Waals surface area contributed by atoms with Crippen molar-refractivity contribution in [3.63, 3.8) is 0 Å². The summed E-state index contributed by atoms with van der Waals surface area (Å²) in [6, 6.07) is 8.65. The summed E-state index contributed by atoms with van der Waals surface area (Å²) in [7, 11) is 1.60. The monoisotopic (exact) mass is 340 g/mol. The van der Waals surface area contributed by atoms with Crippen LogP contribution >= 0.6 is 11.3 Å². The van der Waals surface area contributed by atoms with Crippen LogP contribution in [0.25, 0.3) is 11.1 Å². The maximum atomic E-state index is 12.1. The highest BCUT2D eigenvalue weighted by molar-refractivity contribution is 7.10. The van der Waals surface area contributed by atoms with Gasteiger partial charge in [0.1, 0.15) is 11.3 Å². The fourth-order valence-electron chi connectivity index (χ4n) is 2.65. The first-order valence-corrected chi connectivity index (χ1v) is 8.16. The third-order valence-corrected chi connectivity index (χ3v) is 5.32. The minimum Gasteiger partial charge on any atom is -0.507 e. The average molecular weight is 340 g/mol. The van der Waals surface area contributed by atoms with Crippen molar-refractivity contribution in [1.82, 2.24) is 4.90 Å². The lowest BCUT2D eigenvalue weighted by molar-refractivity contribution is -0.128. The van der Waals surface area contributed by atoms with Crippen LogP contribution in [-0.4, -0.2) is 28.9 Å². The number of guanidine groups is 1. The number of carbonyl (C=O) groups is 1. The van der Waals surface area contributed by atoms with E-state index < -0.39 is 5.54 Å². The van der Waals surface area contributed by atoms with Gasteiger partial charge in [-0.05, 0) is 42.1 Å². The first-order chi connectivity index (χ1) is 11.3. The van der Waals surface area contributed by atoms with Crippen molar-refractivity contribution >= 4 is 23.2 Å². The Morgan fingerprint density at radius 1 is 1.46 bits per heavy atom. The van der Waals surface area contributed by atoms with Crippen molar-refractivity contribution in [1.29, 1.82) is 5.26 Å². The largest absolute Gasteiger partial charge is 0.507 e. The van der Waals surface area contributed by atoms with Gasteiger partial charge in [-0.2, -0.15) is 5.26 Å². The summed E-state index contributed by atoms with van der Waals surface area (Å²) < 4.78 is 0. The molecule has 0 radical (unpaired) electrons. The molecule has 0 unspecified atom stereocenters. The lowest BCUT2D eigenvalue weighted by atomic mass is 9.93. The van der Waals surface area contributed by atoms with Crippen LogP contribution in [0.4, 0.5) is 0 Å². The van der Waals surface area contributed by atoms with E-state index in [0.29, 0.717) is 11.1 Å². The SMILES string of the molecule is CN1C(=O)C[C@@](C)(c2cc(-c3cc(C#N)ccc3O)cs2)N=C1N. The van der Waals surface area contributed by atoms with Gasteiger partial charge < -0.3 is 10.8 Å². The molecule has 1 aromatic heterocycles. The van der Waals surface area contributed by atoms with E-state index in [1.165, 1.54) is 22.3 Å². The van der Waals surface area contributed by atoms with Gasteiger partial charge in [-0.3, -0.25) is 9.69 Å². The van der Waals surface area contributed by atoms with E-state index in [4.69, 9.17) is 11.0 Å². The number of hydrogen-bond donors (Lipinski definition) is 2. The molecule has 3 rings (SSSR count). The molecule has 3 N–H and O–H groups in total. The van der Waals surface area contributed by atoms with Crippen molar-refractivity contribution in [2.24, 2.45) is 10.7 Å². The number of nitriles is 1. The summed E-state index contributed by atoms with van der Waals surface area (Å²) in [4.78, 5) is 18.8. The van der Waals surface area contributed by atoms with Crippen molar-refractivity contribution in [3.05, 3.63) is 40.1 Å². The zero-order valence-corrected chi connectivity index (χ0v) is 14.1. The number of aliphatic imine (C=N–C) groups is 1. The number of aromatic hydroxyl groups is 1. The van der Waals surface area contributed by atoms with Crippen molar-refractivity contribution in [2.45, 2.75) is 18.9 Å². The maximum absolute atomic E-state index is 12.1. The minimum absolute atomic E-state index is 0.0886. The second-order valence-electron chi connectivity index (χ2n) is 5.92. The molecule has 0 spiro atoms. The van der Waals surface area contributed by atoms with Gasteiger partial charge in [0.25, 0.3) is 0 Å². The Labute approximate surface area is 143 Å². The quantitative estimate of drug-likeness (QED) is 0.876. The van der Waals surface area contributed by atoms with Crippen LogP contribution in [0.5, 0.6) is 5.75 Å². The fraction of sp³-hybridized carbons (Fsp3) is 0.235. The third-order valence-electron chi connectivity index (χ3n) is 4.14. The second kappa shape index (κ2) is 5.65. The number of nitrogens with two attached hydrogens (primary N) is 1. The maximum Gasteiger partial charge on any atom is 0.231 e. The first-order valence-electron chi connectivity index (χ1n) is 7.28. The first kappa shape index (κ1) is 16.0. The van der Waals surface area contributed by atoms with Crippen LogP contribution < -0.4 is 5.73 Å². The number of phenolic OH excluding ortho intramolecular Hbond substituents is 1. The highest BCUT2D eigenvalue weighted by Crippen LogP contribution is 2.40. The predicted octanol–water partition coefficient (Wildman–Crippen LogP) is 2.38. The van der Waals surface area contributed by atoms with Crippen molar-refractivity contribution < 1.29 is 9.90 Å². The number of phenols is 1. The molecular weight excluding hydrogens is 324 g/mol. The summed E-state index contributed by atoms with van der Waals surface area (Å²) in [6.07, 6.45) is 0.231. The van der Waals surface area contributed by atoms with E-state index >= 15 is 0 Å². The number of nitrogens with zero attached hydrogens (tertiary/aromatic N) is 3. The number of rotatable bonds is 2. The molecule has 2 aromatic rings. The van der Waals surface area contributed by atoms with E-state index in [2.05, 4.69) is 11.1 Å². The molecule has 0 bridgehead atoms. The molecule has 0 aliphatic carbocycles. The zero-order chi connectivity index (χ0) is 17.5. The molecule has 1 aromatic carbocycles. The standard InChI is InChI=1S/C17H16N4O2S/c1-17(7-15(23)21(2)16(19)20-17)14-6-11(9-24-14)12-5-10(8-18)3-4-13(12)22/h3-6,9,22H,7H2,1-2H3,(H2,19,20)/t17-/m0/s1. The Morgan fingerprint density at radius 3 is 2.88 bits per heavy atom. The molecule has 0 saturated carbocycles. The molecule has 1 aliphatic heterocycles. The summed E-state index contributed by atoms with van der Waals surface area (Å²) >= 11 is 1.45. The van der Waals surface area contributed by atoms with E-state index in [-0.39, 0.29) is 24.0 Å². The van der Waals surface area contributed by atoms with E-state index in [1.807, 2.05) is 18.4 Å². The van der Waals surface area contributed by atoms with Crippen LogP contribution in [0.1, 0.15) is 23.8 Å². The predicted molar refractivity (Wildman–Crippen MR) is 92.5 cm³/mol. The van der Waals surface area contributed by atoms with Crippen LogP contribution in [0.3, 0.4) is 0 Å². The van der Waals surface area contributed by atoms with Gasteiger partial charge >= 0.3 is 0 Å². The summed E-state index contributed by atoms with van der Waals surface area (Å²) in [6.45, 7) is 1.87. The highest BCUT2D eigenvalue weighted by atomic mass is 32.1. The topological polar surface area (TPSA) is 103 Å². The van der Waals surface area contributed by atoms with Gasteiger partial charge in [-0.1, -0.05) is 0 Å². The molecule has 24 heavy (non-hydrogen) atoms. The molecule has 1 aliphatic rings. The molecule has 6 nitrogen and oxygen atoms in total. The van der Waals surface area contributed by atoms with Gasteiger partial charge in [0.05, 0.1) is 18.1 Å². The molecule has 0 fully saturated rings. The van der Waals surface area contributed by atoms with Gasteiger partial charge in [0.15, 0.2) is 5.96 Å². The van der Waals surface area contributed by atoms with Crippen LogP contribution in [0.2, 0.25) is 0 Å². The zero-order valence-electron chi connectivity index (χ0n) is 13.3. The minimum atomic E-state index is -0.723. The lowest BCUT2D eigenvalue weighted by Crippen LogP contribution is -2.47. The molecule has 7 heteroatoms. The smallest absolute Gasteiger partial charge is 0.231 e. The van der Waals surface area contributed by atoms with Crippen LogP contribution in [0, 0.1) is 11.3 Å². The summed E-state index contributed by atoms with van der Waals surface area (Å²) in [5, 5.41) is 21.0. The summed E-state index contributed by atoms with van der Waals surface area (Å²) in [5.41, 5.74) is 6.96. The number of carbonyl (C=O) groups excluding carboxylic acids is 1. The van der Waals surface area contributed by atoms with Crippen molar-refractivity contribution in [3.8, 4) is 22.9 Å². The Kier molecular flexibility index (Phi) is 3.78. The molecular formula is C17H16N4O2S. The Balaban J connectivity index is 2.03. The average Bonchev–Trinajstić information content (AvgIpc) is 3.03. The molecule has 2 heterocycles. The number of benzene rings is 1. The van der Waals surface area contributed by atoms with E-state index in [1.54, 1.807) is 19.2 Å². The number of amides is 1. The van der Waals surface area contributed by atoms with Gasteiger partial charge in [0.2, 0.25) is 5.91 Å². The molecule has 122 valence electrons. The second-order valence-corrected chi connectivity index (χ2v) is 6.83. The number of thiophene rings is 1. The molecule has 1 atom stereocenters. The summed E-state index contributed by atoms with van der Waals surface area (Å²) in [5.74, 6) is 0.207. The van der Waals surface area contributed by atoms with E-state index in [9.17, 15) is 9.90 Å². The number of hydrogen-bond acceptors (Lipinski definition) is 6. The fourth-order valence-corrected chi connectivity index (χ4v) is 3.66.